The predicted molar refractivity (Wildman–Crippen MR) is 123 cm³/mol. The second-order valence-electron chi connectivity index (χ2n) is 7.05. The van der Waals surface area contributed by atoms with Crippen LogP contribution in [-0.4, -0.2) is 32.3 Å². The Hall–Kier alpha value is -2.29. The summed E-state index contributed by atoms with van der Waals surface area (Å²) in [4.78, 5) is 23.1. The molecule has 150 valence electrons. The molecule has 0 unspecified atom stereocenters. The first-order valence-electron chi connectivity index (χ1n) is 9.40. The zero-order chi connectivity index (χ0) is 20.7. The van der Waals surface area contributed by atoms with E-state index in [0.29, 0.717) is 10.2 Å². The second kappa shape index (κ2) is 7.85. The maximum atomic E-state index is 13.3. The molecule has 0 aliphatic heterocycles. The molecule has 0 fully saturated rings. The molecule has 1 aromatic carbocycles. The first-order chi connectivity index (χ1) is 13.9. The minimum Gasteiger partial charge on any atom is -0.394 e. The molecule has 1 atom stereocenters. The fourth-order valence-electron chi connectivity index (χ4n) is 3.38. The first kappa shape index (κ1) is 20.0. The third kappa shape index (κ3) is 3.45. The fraction of sp³-hybridized carbons (Fsp3) is 0.286. The number of thiophene rings is 1. The molecule has 0 spiro atoms. The molecule has 0 aliphatic rings. The molecule has 29 heavy (non-hydrogen) atoms. The van der Waals surface area contributed by atoms with E-state index in [9.17, 15) is 9.90 Å². The SMILES string of the molecule is CCc1cc(-n2cnc3c(sc4ncc(Br)c(N[C@H](C)CO)c43)c2=O)ccc1C. The van der Waals surface area contributed by atoms with Crippen molar-refractivity contribution in [2.24, 2.45) is 0 Å². The minimum absolute atomic E-state index is 0.00819. The predicted octanol–water partition coefficient (Wildman–Crippen LogP) is 4.42. The summed E-state index contributed by atoms with van der Waals surface area (Å²) in [5.41, 5.74) is 4.53. The molecule has 2 N–H and O–H groups in total. The fourth-order valence-corrected chi connectivity index (χ4v) is 4.83. The summed E-state index contributed by atoms with van der Waals surface area (Å²) < 4.78 is 2.92. The Labute approximate surface area is 180 Å². The topological polar surface area (TPSA) is 80.0 Å². The Morgan fingerprint density at radius 2 is 2.14 bits per heavy atom. The lowest BCUT2D eigenvalue weighted by Crippen LogP contribution is -2.20. The number of hydrogen-bond donors (Lipinski definition) is 2. The van der Waals surface area contributed by atoms with Crippen LogP contribution >= 0.6 is 27.3 Å². The lowest BCUT2D eigenvalue weighted by molar-refractivity contribution is 0.281. The summed E-state index contributed by atoms with van der Waals surface area (Å²) in [5.74, 6) is 0. The maximum absolute atomic E-state index is 13.3. The number of rotatable bonds is 5. The molecule has 0 saturated heterocycles. The molecule has 8 heteroatoms. The smallest absolute Gasteiger partial charge is 0.275 e. The average molecular weight is 473 g/mol. The number of anilines is 1. The van der Waals surface area contributed by atoms with Crippen LogP contribution in [0.1, 0.15) is 25.0 Å². The number of pyridine rings is 1. The first-order valence-corrected chi connectivity index (χ1v) is 11.0. The van der Waals surface area contributed by atoms with Gasteiger partial charge in [-0.05, 0) is 59.5 Å². The van der Waals surface area contributed by atoms with E-state index in [0.717, 1.165) is 32.5 Å². The molecule has 0 saturated carbocycles. The van der Waals surface area contributed by atoms with E-state index in [-0.39, 0.29) is 18.2 Å². The van der Waals surface area contributed by atoms with Gasteiger partial charge in [0.15, 0.2) is 0 Å². The third-order valence-electron chi connectivity index (χ3n) is 5.02. The van der Waals surface area contributed by atoms with Crippen molar-refractivity contribution in [1.29, 1.82) is 0 Å². The van der Waals surface area contributed by atoms with Crippen molar-refractivity contribution in [3.8, 4) is 5.69 Å². The number of aliphatic hydroxyl groups is 1. The van der Waals surface area contributed by atoms with Crippen LogP contribution in [0.5, 0.6) is 0 Å². The van der Waals surface area contributed by atoms with E-state index in [4.69, 9.17) is 0 Å². The van der Waals surface area contributed by atoms with Crippen molar-refractivity contribution in [2.45, 2.75) is 33.2 Å². The average Bonchev–Trinajstić information content (AvgIpc) is 3.10. The lowest BCUT2D eigenvalue weighted by atomic mass is 10.1. The van der Waals surface area contributed by atoms with Crippen LogP contribution in [0.4, 0.5) is 5.69 Å². The number of nitrogens with zero attached hydrogens (tertiary/aromatic N) is 3. The number of benzene rings is 1. The van der Waals surface area contributed by atoms with Crippen LogP contribution in [0.2, 0.25) is 0 Å². The van der Waals surface area contributed by atoms with Crippen LogP contribution in [0.25, 0.3) is 26.1 Å². The lowest BCUT2D eigenvalue weighted by Gasteiger charge is -2.15. The van der Waals surface area contributed by atoms with Crippen molar-refractivity contribution < 1.29 is 5.11 Å². The van der Waals surface area contributed by atoms with Gasteiger partial charge >= 0.3 is 0 Å². The maximum Gasteiger partial charge on any atom is 0.275 e. The number of aliphatic hydroxyl groups excluding tert-OH is 1. The van der Waals surface area contributed by atoms with Crippen molar-refractivity contribution in [3.63, 3.8) is 0 Å². The quantitative estimate of drug-likeness (QED) is 0.449. The highest BCUT2D eigenvalue weighted by Crippen LogP contribution is 2.38. The zero-order valence-corrected chi connectivity index (χ0v) is 18.8. The van der Waals surface area contributed by atoms with Crippen molar-refractivity contribution >= 4 is 53.4 Å². The van der Waals surface area contributed by atoms with Gasteiger partial charge < -0.3 is 10.4 Å². The van der Waals surface area contributed by atoms with Gasteiger partial charge in [0.05, 0.1) is 27.8 Å². The molecule has 4 aromatic rings. The van der Waals surface area contributed by atoms with Gasteiger partial charge in [0, 0.05) is 12.2 Å². The van der Waals surface area contributed by atoms with Crippen LogP contribution in [-0.2, 0) is 6.42 Å². The van der Waals surface area contributed by atoms with Gasteiger partial charge in [0.25, 0.3) is 5.56 Å². The standard InChI is InChI=1S/C21H21BrN4O2S/c1-4-13-7-14(6-5-11(13)2)26-10-24-18-16-17(25-12(3)9-27)15(22)8-23-20(16)29-19(18)21(26)28/h5-8,10,12,27H,4,9H2,1-3H3,(H,23,25)/t12-/m1/s1. The largest absolute Gasteiger partial charge is 0.394 e. The summed E-state index contributed by atoms with van der Waals surface area (Å²) in [6, 6.07) is 5.88. The summed E-state index contributed by atoms with van der Waals surface area (Å²) >= 11 is 4.86. The minimum atomic E-state index is -0.146. The Morgan fingerprint density at radius 1 is 1.34 bits per heavy atom. The van der Waals surface area contributed by atoms with E-state index in [1.165, 1.54) is 22.5 Å². The number of nitrogens with one attached hydrogen (secondary N) is 1. The summed E-state index contributed by atoms with van der Waals surface area (Å²) in [5, 5.41) is 13.5. The molecular formula is C21H21BrN4O2S. The number of aryl methyl sites for hydroxylation is 2. The Balaban J connectivity index is 1.95. The third-order valence-corrected chi connectivity index (χ3v) is 6.70. The van der Waals surface area contributed by atoms with Crippen LogP contribution < -0.4 is 10.9 Å². The molecule has 0 bridgehead atoms. The highest BCUT2D eigenvalue weighted by atomic mass is 79.9. The van der Waals surface area contributed by atoms with E-state index < -0.39 is 0 Å². The van der Waals surface area contributed by atoms with Gasteiger partial charge in [-0.3, -0.25) is 9.36 Å². The molecule has 6 nitrogen and oxygen atoms in total. The van der Waals surface area contributed by atoms with E-state index in [2.05, 4.69) is 45.1 Å². The molecule has 3 aromatic heterocycles. The van der Waals surface area contributed by atoms with Crippen LogP contribution in [0.3, 0.4) is 0 Å². The number of fused-ring (bicyclic) bond motifs is 3. The van der Waals surface area contributed by atoms with E-state index >= 15 is 0 Å². The highest BCUT2D eigenvalue weighted by molar-refractivity contribution is 9.10. The summed E-state index contributed by atoms with van der Waals surface area (Å²) in [6.07, 6.45) is 4.19. The zero-order valence-electron chi connectivity index (χ0n) is 16.4. The normalized spacial score (nSPS) is 12.6. The number of halogens is 1. The monoisotopic (exact) mass is 472 g/mol. The van der Waals surface area contributed by atoms with Gasteiger partial charge in [0.1, 0.15) is 21.4 Å². The Morgan fingerprint density at radius 3 is 2.86 bits per heavy atom. The Bertz CT molecular complexity index is 1280. The van der Waals surface area contributed by atoms with Crippen LogP contribution in [0, 0.1) is 6.92 Å². The number of aromatic nitrogens is 3. The summed E-state index contributed by atoms with van der Waals surface area (Å²) in [6.45, 7) is 6.06. The molecule has 3 heterocycles. The Kier molecular flexibility index (Phi) is 5.42. The highest BCUT2D eigenvalue weighted by Gasteiger charge is 2.19. The van der Waals surface area contributed by atoms with Crippen molar-refractivity contribution in [2.75, 3.05) is 11.9 Å². The van der Waals surface area contributed by atoms with Crippen molar-refractivity contribution in [3.05, 3.63) is 56.7 Å². The van der Waals surface area contributed by atoms with Gasteiger partial charge in [-0.2, -0.15) is 0 Å². The molecular weight excluding hydrogens is 452 g/mol. The summed E-state index contributed by atoms with van der Waals surface area (Å²) in [7, 11) is 0. The number of hydrogen-bond acceptors (Lipinski definition) is 6. The second-order valence-corrected chi connectivity index (χ2v) is 8.91. The molecule has 0 amide bonds. The van der Waals surface area contributed by atoms with Crippen molar-refractivity contribution in [1.82, 2.24) is 14.5 Å². The molecule has 4 rings (SSSR count). The van der Waals surface area contributed by atoms with Gasteiger partial charge in [-0.25, -0.2) is 9.97 Å². The van der Waals surface area contributed by atoms with Gasteiger partial charge in [-0.1, -0.05) is 13.0 Å². The van der Waals surface area contributed by atoms with Gasteiger partial charge in [-0.15, -0.1) is 11.3 Å². The molecule has 0 radical (unpaired) electrons. The van der Waals surface area contributed by atoms with Crippen LogP contribution in [0.15, 0.2) is 40.0 Å². The van der Waals surface area contributed by atoms with Gasteiger partial charge in [0.2, 0.25) is 0 Å². The molecule has 0 aliphatic carbocycles. The van der Waals surface area contributed by atoms with E-state index in [1.54, 1.807) is 17.1 Å². The van der Waals surface area contributed by atoms with E-state index in [1.807, 2.05) is 25.1 Å².